The SMILES string of the molecule is CCC1C[C@@H]2CC[C@H]1C2. The van der Waals surface area contributed by atoms with Crippen LogP contribution in [0, 0.1) is 17.8 Å². The van der Waals surface area contributed by atoms with Crippen LogP contribution in [0.1, 0.15) is 39.0 Å². The molecule has 2 aliphatic rings. The topological polar surface area (TPSA) is 0 Å². The van der Waals surface area contributed by atoms with E-state index in [2.05, 4.69) is 6.92 Å². The van der Waals surface area contributed by atoms with E-state index in [1.807, 2.05) is 0 Å². The van der Waals surface area contributed by atoms with Crippen LogP contribution in [0.15, 0.2) is 0 Å². The average molecular weight is 124 g/mol. The van der Waals surface area contributed by atoms with Gasteiger partial charge < -0.3 is 0 Å². The molecule has 3 atom stereocenters. The zero-order chi connectivity index (χ0) is 6.27. The van der Waals surface area contributed by atoms with Crippen LogP contribution in [-0.2, 0) is 0 Å². The van der Waals surface area contributed by atoms with E-state index in [4.69, 9.17) is 0 Å². The Morgan fingerprint density at radius 1 is 1.22 bits per heavy atom. The van der Waals surface area contributed by atoms with Crippen molar-refractivity contribution < 1.29 is 0 Å². The molecule has 0 heterocycles. The molecule has 0 aromatic carbocycles. The van der Waals surface area contributed by atoms with Crippen molar-refractivity contribution in [3.8, 4) is 0 Å². The van der Waals surface area contributed by atoms with Gasteiger partial charge in [-0.05, 0) is 37.0 Å². The number of hydrogen-bond acceptors (Lipinski definition) is 0. The minimum atomic E-state index is 1.13. The highest BCUT2D eigenvalue weighted by atomic mass is 14.4. The molecular weight excluding hydrogens is 108 g/mol. The summed E-state index contributed by atoms with van der Waals surface area (Å²) in [4.78, 5) is 0. The number of hydrogen-bond donors (Lipinski definition) is 0. The van der Waals surface area contributed by atoms with Crippen LogP contribution in [0.25, 0.3) is 0 Å². The molecule has 0 saturated heterocycles. The Morgan fingerprint density at radius 2 is 2.11 bits per heavy atom. The van der Waals surface area contributed by atoms with Crippen molar-refractivity contribution in [2.24, 2.45) is 17.8 Å². The van der Waals surface area contributed by atoms with E-state index in [9.17, 15) is 0 Å². The first-order valence-electron chi connectivity index (χ1n) is 4.40. The lowest BCUT2D eigenvalue weighted by atomic mass is 9.87. The van der Waals surface area contributed by atoms with Gasteiger partial charge in [0.05, 0.1) is 0 Å². The van der Waals surface area contributed by atoms with Crippen LogP contribution in [0.4, 0.5) is 0 Å². The summed E-state index contributed by atoms with van der Waals surface area (Å²) in [5.41, 5.74) is 0. The minimum Gasteiger partial charge on any atom is -0.0651 e. The van der Waals surface area contributed by atoms with E-state index in [-0.39, 0.29) is 0 Å². The number of rotatable bonds is 1. The van der Waals surface area contributed by atoms with Crippen molar-refractivity contribution >= 4 is 0 Å². The molecule has 2 saturated carbocycles. The fourth-order valence-corrected chi connectivity index (χ4v) is 2.88. The van der Waals surface area contributed by atoms with Crippen molar-refractivity contribution in [1.29, 1.82) is 0 Å². The smallest absolute Gasteiger partial charge is 0.0383 e. The van der Waals surface area contributed by atoms with E-state index in [0.29, 0.717) is 0 Å². The van der Waals surface area contributed by atoms with Crippen molar-refractivity contribution in [2.45, 2.75) is 39.0 Å². The maximum atomic E-state index is 2.35. The Hall–Kier alpha value is 0. The zero-order valence-electron chi connectivity index (χ0n) is 6.27. The highest BCUT2D eigenvalue weighted by Crippen LogP contribution is 2.49. The highest BCUT2D eigenvalue weighted by Gasteiger charge is 2.37. The molecule has 52 valence electrons. The normalized spacial score (nSPS) is 48.3. The Morgan fingerprint density at radius 3 is 2.44 bits per heavy atom. The fourth-order valence-electron chi connectivity index (χ4n) is 2.88. The Bertz CT molecular complexity index is 107. The molecule has 9 heavy (non-hydrogen) atoms. The van der Waals surface area contributed by atoms with Crippen molar-refractivity contribution in [1.82, 2.24) is 0 Å². The van der Waals surface area contributed by atoms with Crippen LogP contribution in [0.5, 0.6) is 0 Å². The maximum Gasteiger partial charge on any atom is -0.0383 e. The van der Waals surface area contributed by atoms with Crippen molar-refractivity contribution in [3.05, 3.63) is 0 Å². The molecule has 0 heteroatoms. The third-order valence-electron chi connectivity index (χ3n) is 3.41. The van der Waals surface area contributed by atoms with Gasteiger partial charge in [-0.2, -0.15) is 0 Å². The first kappa shape index (κ1) is 5.76. The first-order chi connectivity index (χ1) is 4.40. The van der Waals surface area contributed by atoms with Gasteiger partial charge in [-0.25, -0.2) is 0 Å². The summed E-state index contributed by atoms with van der Waals surface area (Å²) < 4.78 is 0. The largest absolute Gasteiger partial charge is 0.0651 e. The second-order valence-corrected chi connectivity index (χ2v) is 3.84. The van der Waals surface area contributed by atoms with E-state index in [1.54, 1.807) is 25.7 Å². The molecule has 0 aromatic heterocycles. The zero-order valence-corrected chi connectivity index (χ0v) is 6.27. The quantitative estimate of drug-likeness (QED) is 0.504. The molecule has 0 aromatic rings. The molecule has 0 aliphatic heterocycles. The van der Waals surface area contributed by atoms with Gasteiger partial charge >= 0.3 is 0 Å². The lowest BCUT2D eigenvalue weighted by Gasteiger charge is -2.18. The summed E-state index contributed by atoms with van der Waals surface area (Å²) in [6, 6.07) is 0. The average Bonchev–Trinajstić information content (AvgIpc) is 2.45. The first-order valence-corrected chi connectivity index (χ1v) is 4.40. The second kappa shape index (κ2) is 2.00. The van der Waals surface area contributed by atoms with Crippen LogP contribution in [0.3, 0.4) is 0 Å². The Labute approximate surface area is 57.6 Å². The number of fused-ring (bicyclic) bond motifs is 2. The van der Waals surface area contributed by atoms with Crippen LogP contribution in [-0.4, -0.2) is 0 Å². The van der Waals surface area contributed by atoms with Crippen LogP contribution in [0.2, 0.25) is 0 Å². The highest BCUT2D eigenvalue weighted by molar-refractivity contribution is 4.88. The Kier molecular flexibility index (Phi) is 1.28. The lowest BCUT2D eigenvalue weighted by molar-refractivity contribution is 0.324. The predicted octanol–water partition coefficient (Wildman–Crippen LogP) is 2.83. The van der Waals surface area contributed by atoms with E-state index >= 15 is 0 Å². The van der Waals surface area contributed by atoms with Gasteiger partial charge in [0.2, 0.25) is 0 Å². The standard InChI is InChI=1S/C9H16/c1-2-8-5-7-3-4-9(8)6-7/h7-9H,2-6H2,1H3/t7-,8?,9-/m0/s1. The maximum absolute atomic E-state index is 2.35. The summed E-state index contributed by atoms with van der Waals surface area (Å²) in [5.74, 6) is 3.43. The van der Waals surface area contributed by atoms with Crippen LogP contribution >= 0.6 is 0 Å². The van der Waals surface area contributed by atoms with Gasteiger partial charge in [0, 0.05) is 0 Å². The van der Waals surface area contributed by atoms with E-state index < -0.39 is 0 Å². The molecule has 2 bridgehead atoms. The summed E-state index contributed by atoms with van der Waals surface area (Å²) in [6.07, 6.45) is 7.71. The van der Waals surface area contributed by atoms with Crippen molar-refractivity contribution in [3.63, 3.8) is 0 Å². The summed E-state index contributed by atoms with van der Waals surface area (Å²) in [6.45, 7) is 2.35. The molecule has 0 N–H and O–H groups in total. The van der Waals surface area contributed by atoms with Gasteiger partial charge in [-0.1, -0.05) is 19.8 Å². The van der Waals surface area contributed by atoms with Gasteiger partial charge in [-0.3, -0.25) is 0 Å². The molecule has 0 spiro atoms. The molecule has 0 radical (unpaired) electrons. The monoisotopic (exact) mass is 124 g/mol. The van der Waals surface area contributed by atoms with Gasteiger partial charge in [-0.15, -0.1) is 0 Å². The summed E-state index contributed by atoms with van der Waals surface area (Å²) in [7, 11) is 0. The molecule has 1 unspecified atom stereocenters. The van der Waals surface area contributed by atoms with Crippen LogP contribution < -0.4 is 0 Å². The van der Waals surface area contributed by atoms with E-state index in [1.165, 1.54) is 6.42 Å². The van der Waals surface area contributed by atoms with E-state index in [0.717, 1.165) is 17.8 Å². The molecule has 0 amide bonds. The lowest BCUT2D eigenvalue weighted by Crippen LogP contribution is -2.08. The van der Waals surface area contributed by atoms with Gasteiger partial charge in [0.15, 0.2) is 0 Å². The van der Waals surface area contributed by atoms with Gasteiger partial charge in [0.1, 0.15) is 0 Å². The summed E-state index contributed by atoms with van der Waals surface area (Å²) in [5, 5.41) is 0. The minimum absolute atomic E-state index is 1.13. The second-order valence-electron chi connectivity index (χ2n) is 3.84. The third-order valence-corrected chi connectivity index (χ3v) is 3.41. The van der Waals surface area contributed by atoms with Gasteiger partial charge in [0.25, 0.3) is 0 Å². The fraction of sp³-hybridized carbons (Fsp3) is 1.00. The molecule has 2 rings (SSSR count). The molecule has 2 fully saturated rings. The molecular formula is C9H16. The Balaban J connectivity index is 2.01. The molecule has 0 nitrogen and oxygen atoms in total. The molecule has 2 aliphatic carbocycles. The third kappa shape index (κ3) is 0.798. The van der Waals surface area contributed by atoms with Crippen molar-refractivity contribution in [2.75, 3.05) is 0 Å². The predicted molar refractivity (Wildman–Crippen MR) is 39.2 cm³/mol. The summed E-state index contributed by atoms with van der Waals surface area (Å²) >= 11 is 0.